The van der Waals surface area contributed by atoms with Crippen LogP contribution in [-0.4, -0.2) is 15.0 Å². The normalized spacial score (nSPS) is 11.5. The summed E-state index contributed by atoms with van der Waals surface area (Å²) < 4.78 is 2.32. The molecule has 23 heavy (non-hydrogen) atoms. The first kappa shape index (κ1) is 12.7. The molecule has 0 fully saturated rings. The molecule has 3 nitrogen and oxygen atoms in total. The molecule has 0 aliphatic heterocycles. The molecule has 0 amide bonds. The van der Waals surface area contributed by atoms with Crippen molar-refractivity contribution in [2.75, 3.05) is 0 Å². The largest absolute Gasteiger partial charge is 0.254 e. The highest BCUT2D eigenvalue weighted by Crippen LogP contribution is 2.38. The van der Waals surface area contributed by atoms with Crippen LogP contribution < -0.4 is 0 Å². The zero-order valence-electron chi connectivity index (χ0n) is 12.1. The molecule has 0 aliphatic rings. The molecule has 0 unspecified atom stereocenters. The van der Waals surface area contributed by atoms with Crippen molar-refractivity contribution >= 4 is 42.4 Å². The van der Waals surface area contributed by atoms with Crippen LogP contribution in [0.1, 0.15) is 0 Å². The van der Waals surface area contributed by atoms with Crippen LogP contribution in [0.3, 0.4) is 0 Å². The fourth-order valence-corrected chi connectivity index (χ4v) is 4.15. The van der Waals surface area contributed by atoms with Gasteiger partial charge in [0, 0.05) is 21.7 Å². The Morgan fingerprint density at radius 3 is 2.48 bits per heavy atom. The fraction of sp³-hybridized carbons (Fsp3) is 0. The molecule has 0 saturated heterocycles. The molecule has 5 aromatic rings. The lowest BCUT2D eigenvalue weighted by atomic mass is 10.1. The summed E-state index contributed by atoms with van der Waals surface area (Å²) in [6, 6.07) is 18.7. The number of rotatable bonds is 1. The highest BCUT2D eigenvalue weighted by molar-refractivity contribution is 7.26. The van der Waals surface area contributed by atoms with E-state index in [4.69, 9.17) is 0 Å². The number of benzene rings is 2. The van der Waals surface area contributed by atoms with Gasteiger partial charge in [0.05, 0.1) is 15.9 Å². The SMILES string of the molecule is c1ccc2c(-c3ncnc4c3sc3ccccc34)nccc2c1. The summed E-state index contributed by atoms with van der Waals surface area (Å²) in [7, 11) is 0. The maximum absolute atomic E-state index is 4.61. The molecular formula is C19H11N3S. The van der Waals surface area contributed by atoms with Gasteiger partial charge >= 0.3 is 0 Å². The van der Waals surface area contributed by atoms with Gasteiger partial charge in [-0.3, -0.25) is 4.98 Å². The number of fused-ring (bicyclic) bond motifs is 4. The zero-order chi connectivity index (χ0) is 15.2. The second-order valence-electron chi connectivity index (χ2n) is 5.38. The number of hydrogen-bond donors (Lipinski definition) is 0. The first-order valence-electron chi connectivity index (χ1n) is 7.38. The smallest absolute Gasteiger partial charge is 0.116 e. The van der Waals surface area contributed by atoms with E-state index in [1.807, 2.05) is 30.5 Å². The summed E-state index contributed by atoms with van der Waals surface area (Å²) in [4.78, 5) is 13.7. The molecule has 4 heteroatoms. The van der Waals surface area contributed by atoms with E-state index in [1.54, 1.807) is 17.7 Å². The molecule has 3 heterocycles. The lowest BCUT2D eigenvalue weighted by Gasteiger charge is -2.05. The van der Waals surface area contributed by atoms with E-state index in [9.17, 15) is 0 Å². The van der Waals surface area contributed by atoms with Crippen LogP contribution in [0.5, 0.6) is 0 Å². The van der Waals surface area contributed by atoms with Crippen LogP contribution in [-0.2, 0) is 0 Å². The van der Waals surface area contributed by atoms with Gasteiger partial charge in [0.25, 0.3) is 0 Å². The van der Waals surface area contributed by atoms with Gasteiger partial charge in [0.1, 0.15) is 12.0 Å². The Labute approximate surface area is 136 Å². The Morgan fingerprint density at radius 2 is 1.52 bits per heavy atom. The van der Waals surface area contributed by atoms with Crippen molar-refractivity contribution < 1.29 is 0 Å². The zero-order valence-corrected chi connectivity index (χ0v) is 12.9. The Bertz CT molecular complexity index is 1170. The number of pyridine rings is 1. The molecule has 2 aromatic carbocycles. The quantitative estimate of drug-likeness (QED) is 0.434. The van der Waals surface area contributed by atoms with Crippen molar-refractivity contribution in [1.29, 1.82) is 0 Å². The minimum absolute atomic E-state index is 0.910. The topological polar surface area (TPSA) is 38.7 Å². The molecule has 0 N–H and O–H groups in total. The number of hydrogen-bond acceptors (Lipinski definition) is 4. The second kappa shape index (κ2) is 4.83. The third-order valence-corrected chi connectivity index (χ3v) is 5.22. The van der Waals surface area contributed by atoms with Crippen LogP contribution in [0, 0.1) is 0 Å². The number of thiophene rings is 1. The molecule has 0 bridgehead atoms. The molecule has 108 valence electrons. The van der Waals surface area contributed by atoms with Crippen molar-refractivity contribution in [3.63, 3.8) is 0 Å². The van der Waals surface area contributed by atoms with E-state index in [1.165, 1.54) is 15.5 Å². The van der Waals surface area contributed by atoms with Crippen molar-refractivity contribution in [3.05, 3.63) is 67.1 Å². The molecule has 3 aromatic heterocycles. The summed E-state index contributed by atoms with van der Waals surface area (Å²) in [5, 5.41) is 3.47. The Hall–Kier alpha value is -2.85. The predicted octanol–water partition coefficient (Wildman–Crippen LogP) is 5.06. The molecular weight excluding hydrogens is 302 g/mol. The lowest BCUT2D eigenvalue weighted by molar-refractivity contribution is 1.21. The standard InChI is InChI=1S/C19H11N3S/c1-2-6-13-12(5-1)9-10-20-16(13)18-19-17(21-11-22-18)14-7-3-4-8-15(14)23-19/h1-11H. The maximum Gasteiger partial charge on any atom is 0.116 e. The van der Waals surface area contributed by atoms with Crippen LogP contribution in [0.15, 0.2) is 67.1 Å². The van der Waals surface area contributed by atoms with Gasteiger partial charge in [-0.2, -0.15) is 0 Å². The van der Waals surface area contributed by atoms with Gasteiger partial charge in [-0.1, -0.05) is 42.5 Å². The first-order chi connectivity index (χ1) is 11.4. The van der Waals surface area contributed by atoms with E-state index >= 15 is 0 Å². The average molecular weight is 313 g/mol. The van der Waals surface area contributed by atoms with Gasteiger partial charge in [-0.05, 0) is 17.5 Å². The minimum Gasteiger partial charge on any atom is -0.254 e. The molecule has 5 rings (SSSR count). The summed E-state index contributed by atoms with van der Waals surface area (Å²) >= 11 is 1.73. The van der Waals surface area contributed by atoms with Gasteiger partial charge in [0.2, 0.25) is 0 Å². The van der Waals surface area contributed by atoms with E-state index in [0.717, 1.165) is 27.0 Å². The monoisotopic (exact) mass is 313 g/mol. The summed E-state index contributed by atoms with van der Waals surface area (Å²) in [6.45, 7) is 0. The third-order valence-electron chi connectivity index (χ3n) is 4.06. The number of nitrogens with zero attached hydrogens (tertiary/aromatic N) is 3. The average Bonchev–Trinajstić information content (AvgIpc) is 3.00. The Morgan fingerprint density at radius 1 is 0.696 bits per heavy atom. The minimum atomic E-state index is 0.910. The van der Waals surface area contributed by atoms with E-state index in [2.05, 4.69) is 45.3 Å². The van der Waals surface area contributed by atoms with Gasteiger partial charge < -0.3 is 0 Å². The number of aromatic nitrogens is 3. The van der Waals surface area contributed by atoms with E-state index in [0.29, 0.717) is 0 Å². The lowest BCUT2D eigenvalue weighted by Crippen LogP contribution is -1.90. The molecule has 0 spiro atoms. The summed E-state index contributed by atoms with van der Waals surface area (Å²) in [5.41, 5.74) is 2.83. The van der Waals surface area contributed by atoms with Gasteiger partial charge in [0.15, 0.2) is 0 Å². The Kier molecular flexibility index (Phi) is 2.66. The fourth-order valence-electron chi connectivity index (χ4n) is 3.00. The molecule has 0 aliphatic carbocycles. The predicted molar refractivity (Wildman–Crippen MR) is 95.7 cm³/mol. The molecule has 0 radical (unpaired) electrons. The maximum atomic E-state index is 4.61. The third kappa shape index (κ3) is 1.85. The second-order valence-corrected chi connectivity index (χ2v) is 6.43. The first-order valence-corrected chi connectivity index (χ1v) is 8.20. The van der Waals surface area contributed by atoms with Crippen LogP contribution in [0.4, 0.5) is 0 Å². The molecule has 0 atom stereocenters. The van der Waals surface area contributed by atoms with Gasteiger partial charge in [-0.25, -0.2) is 9.97 Å². The summed E-state index contributed by atoms with van der Waals surface area (Å²) in [5.74, 6) is 0. The van der Waals surface area contributed by atoms with Crippen molar-refractivity contribution in [3.8, 4) is 11.4 Å². The summed E-state index contributed by atoms with van der Waals surface area (Å²) in [6.07, 6.45) is 3.49. The van der Waals surface area contributed by atoms with Crippen LogP contribution in [0.25, 0.3) is 42.5 Å². The van der Waals surface area contributed by atoms with Gasteiger partial charge in [-0.15, -0.1) is 11.3 Å². The van der Waals surface area contributed by atoms with E-state index in [-0.39, 0.29) is 0 Å². The molecule has 0 saturated carbocycles. The van der Waals surface area contributed by atoms with Crippen molar-refractivity contribution in [2.45, 2.75) is 0 Å². The van der Waals surface area contributed by atoms with Crippen LogP contribution in [0.2, 0.25) is 0 Å². The van der Waals surface area contributed by atoms with Crippen molar-refractivity contribution in [2.24, 2.45) is 0 Å². The Balaban J connectivity index is 1.93. The van der Waals surface area contributed by atoms with Crippen LogP contribution >= 0.6 is 11.3 Å². The highest BCUT2D eigenvalue weighted by atomic mass is 32.1. The van der Waals surface area contributed by atoms with E-state index < -0.39 is 0 Å². The highest BCUT2D eigenvalue weighted by Gasteiger charge is 2.15. The van der Waals surface area contributed by atoms with Crippen molar-refractivity contribution in [1.82, 2.24) is 15.0 Å².